The molecule has 0 saturated carbocycles. The van der Waals surface area contributed by atoms with Crippen molar-refractivity contribution in [3.8, 4) is 0 Å². The molecule has 0 spiro atoms. The SMILES string of the molecule is CCNC/C(N)=C/C(Cl)=C(\N)OC. The zero-order valence-corrected chi connectivity index (χ0v) is 8.69. The van der Waals surface area contributed by atoms with Crippen LogP contribution in [0.15, 0.2) is 22.7 Å². The molecule has 0 radical (unpaired) electrons. The minimum atomic E-state index is 0.168. The lowest BCUT2D eigenvalue weighted by Crippen LogP contribution is -2.20. The molecule has 4 nitrogen and oxygen atoms in total. The van der Waals surface area contributed by atoms with Crippen LogP contribution < -0.4 is 16.8 Å². The van der Waals surface area contributed by atoms with Crippen molar-refractivity contribution in [2.75, 3.05) is 20.2 Å². The van der Waals surface area contributed by atoms with E-state index in [-0.39, 0.29) is 5.88 Å². The second-order valence-electron chi connectivity index (χ2n) is 2.42. The molecule has 5 N–H and O–H groups in total. The van der Waals surface area contributed by atoms with Crippen LogP contribution in [0.1, 0.15) is 6.92 Å². The predicted octanol–water partition coefficient (Wildman–Crippen LogP) is 0.452. The summed E-state index contributed by atoms with van der Waals surface area (Å²) in [4.78, 5) is 0. The standard InChI is InChI=1S/C8H16ClN3O/c1-3-12-5-6(10)4-7(9)8(11)13-2/h4,12H,3,5,10-11H2,1-2H3/b6-4-,8-7-. The van der Waals surface area contributed by atoms with E-state index in [2.05, 4.69) is 5.32 Å². The molecule has 0 saturated heterocycles. The Morgan fingerprint density at radius 1 is 1.54 bits per heavy atom. The molecule has 0 fully saturated rings. The average molecular weight is 206 g/mol. The van der Waals surface area contributed by atoms with Gasteiger partial charge in [0, 0.05) is 12.2 Å². The molecular formula is C8H16ClN3O. The molecule has 0 amide bonds. The minimum Gasteiger partial charge on any atom is -0.482 e. The Bertz CT molecular complexity index is 213. The van der Waals surface area contributed by atoms with Gasteiger partial charge in [0.05, 0.1) is 7.11 Å². The lowest BCUT2D eigenvalue weighted by Gasteiger charge is -2.03. The third-order valence-corrected chi connectivity index (χ3v) is 1.64. The molecule has 0 unspecified atom stereocenters. The molecule has 0 aromatic heterocycles. The first-order chi connectivity index (χ1) is 6.11. The van der Waals surface area contributed by atoms with Gasteiger partial charge in [-0.3, -0.25) is 0 Å². The number of allylic oxidation sites excluding steroid dienone is 2. The second-order valence-corrected chi connectivity index (χ2v) is 2.82. The predicted molar refractivity (Wildman–Crippen MR) is 54.9 cm³/mol. The van der Waals surface area contributed by atoms with Crippen LogP contribution in [0.25, 0.3) is 0 Å². The lowest BCUT2D eigenvalue weighted by molar-refractivity contribution is 0.286. The van der Waals surface area contributed by atoms with Gasteiger partial charge in [-0.1, -0.05) is 18.5 Å². The first-order valence-corrected chi connectivity index (χ1v) is 4.35. The van der Waals surface area contributed by atoms with E-state index in [0.717, 1.165) is 6.54 Å². The normalized spacial score (nSPS) is 13.9. The zero-order valence-electron chi connectivity index (χ0n) is 7.93. The zero-order chi connectivity index (χ0) is 10.3. The summed E-state index contributed by atoms with van der Waals surface area (Å²) in [5, 5.41) is 3.37. The summed E-state index contributed by atoms with van der Waals surface area (Å²) in [6, 6.07) is 0. The summed E-state index contributed by atoms with van der Waals surface area (Å²) >= 11 is 5.75. The number of methoxy groups -OCH3 is 1. The first kappa shape index (κ1) is 12.1. The van der Waals surface area contributed by atoms with Gasteiger partial charge in [0.25, 0.3) is 0 Å². The quantitative estimate of drug-likeness (QED) is 0.450. The maximum absolute atomic E-state index is 5.75. The number of hydrogen-bond donors (Lipinski definition) is 3. The van der Waals surface area contributed by atoms with Gasteiger partial charge in [-0.2, -0.15) is 0 Å². The number of likely N-dealkylation sites (N-methyl/N-ethyl adjacent to an activating group) is 1. The molecule has 0 rings (SSSR count). The minimum absolute atomic E-state index is 0.168. The van der Waals surface area contributed by atoms with Gasteiger partial charge in [-0.15, -0.1) is 0 Å². The number of rotatable bonds is 5. The highest BCUT2D eigenvalue weighted by Crippen LogP contribution is 2.08. The first-order valence-electron chi connectivity index (χ1n) is 3.97. The summed E-state index contributed by atoms with van der Waals surface area (Å²) in [5.74, 6) is 0.168. The van der Waals surface area contributed by atoms with Crippen molar-refractivity contribution in [3.63, 3.8) is 0 Å². The van der Waals surface area contributed by atoms with Crippen molar-refractivity contribution in [3.05, 3.63) is 22.7 Å². The molecule has 0 aliphatic heterocycles. The second kappa shape index (κ2) is 6.62. The summed E-state index contributed by atoms with van der Waals surface area (Å²) in [6.07, 6.45) is 1.57. The fraction of sp³-hybridized carbons (Fsp3) is 0.500. The summed E-state index contributed by atoms with van der Waals surface area (Å²) < 4.78 is 4.72. The third kappa shape index (κ3) is 5.38. The number of halogens is 1. The van der Waals surface area contributed by atoms with Gasteiger partial charge in [0.15, 0.2) is 0 Å². The monoisotopic (exact) mass is 205 g/mol. The molecule has 5 heteroatoms. The van der Waals surface area contributed by atoms with Gasteiger partial charge < -0.3 is 21.5 Å². The van der Waals surface area contributed by atoms with Crippen LogP contribution in [-0.4, -0.2) is 20.2 Å². The molecule has 0 aliphatic rings. The van der Waals surface area contributed by atoms with Crippen LogP contribution in [0.3, 0.4) is 0 Å². The maximum Gasteiger partial charge on any atom is 0.203 e. The Labute approximate surface area is 83.6 Å². The molecule has 0 bridgehead atoms. The number of ether oxygens (including phenoxy) is 1. The van der Waals surface area contributed by atoms with Crippen LogP contribution in [0.4, 0.5) is 0 Å². The van der Waals surface area contributed by atoms with E-state index in [1.807, 2.05) is 6.92 Å². The molecule has 76 valence electrons. The van der Waals surface area contributed by atoms with E-state index < -0.39 is 0 Å². The van der Waals surface area contributed by atoms with Crippen molar-refractivity contribution in [1.29, 1.82) is 0 Å². The highest BCUT2D eigenvalue weighted by atomic mass is 35.5. The fourth-order valence-electron chi connectivity index (χ4n) is 0.652. The number of nitrogens with two attached hydrogens (primary N) is 2. The van der Waals surface area contributed by atoms with Crippen molar-refractivity contribution >= 4 is 11.6 Å². The molecule has 0 aromatic rings. The third-order valence-electron chi connectivity index (χ3n) is 1.35. The van der Waals surface area contributed by atoms with E-state index in [9.17, 15) is 0 Å². The number of hydrogen-bond acceptors (Lipinski definition) is 4. The van der Waals surface area contributed by atoms with E-state index >= 15 is 0 Å². The largest absolute Gasteiger partial charge is 0.482 e. The van der Waals surface area contributed by atoms with E-state index in [1.165, 1.54) is 7.11 Å². The van der Waals surface area contributed by atoms with Crippen molar-refractivity contribution < 1.29 is 4.74 Å². The Hall–Kier alpha value is -0.870. The molecule has 0 aromatic carbocycles. The van der Waals surface area contributed by atoms with Gasteiger partial charge >= 0.3 is 0 Å². The Morgan fingerprint density at radius 2 is 2.15 bits per heavy atom. The van der Waals surface area contributed by atoms with Crippen molar-refractivity contribution in [2.24, 2.45) is 11.5 Å². The van der Waals surface area contributed by atoms with E-state index in [0.29, 0.717) is 17.3 Å². The Kier molecular flexibility index (Phi) is 6.18. The number of nitrogens with one attached hydrogen (secondary N) is 1. The molecule has 0 aliphatic carbocycles. The van der Waals surface area contributed by atoms with E-state index in [1.54, 1.807) is 6.08 Å². The van der Waals surface area contributed by atoms with Crippen LogP contribution in [0, 0.1) is 0 Å². The van der Waals surface area contributed by atoms with Gasteiger partial charge in [0.1, 0.15) is 5.03 Å². The maximum atomic E-state index is 5.75. The van der Waals surface area contributed by atoms with E-state index in [4.69, 9.17) is 27.8 Å². The highest BCUT2D eigenvalue weighted by molar-refractivity contribution is 6.31. The Balaban J connectivity index is 4.20. The van der Waals surface area contributed by atoms with Crippen LogP contribution in [0.5, 0.6) is 0 Å². The molecular weight excluding hydrogens is 190 g/mol. The van der Waals surface area contributed by atoms with Crippen LogP contribution >= 0.6 is 11.6 Å². The molecule has 13 heavy (non-hydrogen) atoms. The van der Waals surface area contributed by atoms with Crippen molar-refractivity contribution in [1.82, 2.24) is 5.32 Å². The van der Waals surface area contributed by atoms with Gasteiger partial charge in [0.2, 0.25) is 5.88 Å². The summed E-state index contributed by atoms with van der Waals surface area (Å²) in [7, 11) is 1.45. The summed E-state index contributed by atoms with van der Waals surface area (Å²) in [6.45, 7) is 3.44. The smallest absolute Gasteiger partial charge is 0.203 e. The Morgan fingerprint density at radius 3 is 2.62 bits per heavy atom. The van der Waals surface area contributed by atoms with Crippen LogP contribution in [-0.2, 0) is 4.74 Å². The average Bonchev–Trinajstić information content (AvgIpc) is 2.13. The lowest BCUT2D eigenvalue weighted by atomic mass is 10.4. The van der Waals surface area contributed by atoms with Gasteiger partial charge in [-0.05, 0) is 12.6 Å². The van der Waals surface area contributed by atoms with Crippen LogP contribution in [0.2, 0.25) is 0 Å². The highest BCUT2D eigenvalue weighted by Gasteiger charge is 1.97. The molecule has 0 heterocycles. The topological polar surface area (TPSA) is 73.3 Å². The molecule has 0 atom stereocenters. The van der Waals surface area contributed by atoms with Crippen molar-refractivity contribution in [2.45, 2.75) is 6.92 Å². The fourth-order valence-corrected chi connectivity index (χ4v) is 0.869. The summed E-state index contributed by atoms with van der Waals surface area (Å²) in [5.41, 5.74) is 11.6. The van der Waals surface area contributed by atoms with Gasteiger partial charge in [-0.25, -0.2) is 0 Å².